The van der Waals surface area contributed by atoms with E-state index < -0.39 is 0 Å². The lowest BCUT2D eigenvalue weighted by Crippen LogP contribution is -2.17. The summed E-state index contributed by atoms with van der Waals surface area (Å²) in [6.07, 6.45) is 2.02. The molecule has 1 aromatic carbocycles. The van der Waals surface area contributed by atoms with E-state index in [1.54, 1.807) is 27.7 Å². The molecule has 1 N–H and O–H groups in total. The van der Waals surface area contributed by atoms with Crippen molar-refractivity contribution in [3.8, 4) is 10.6 Å². The van der Waals surface area contributed by atoms with Gasteiger partial charge in [0.25, 0.3) is 0 Å². The van der Waals surface area contributed by atoms with Crippen LogP contribution in [-0.4, -0.2) is 19.7 Å². The zero-order valence-electron chi connectivity index (χ0n) is 15.4. The fourth-order valence-electron chi connectivity index (χ4n) is 2.58. The number of hydrogen-bond donors (Lipinski definition) is 1. The second kappa shape index (κ2) is 8.68. The Balaban J connectivity index is 1.67. The van der Waals surface area contributed by atoms with E-state index in [9.17, 15) is 4.79 Å². The zero-order chi connectivity index (χ0) is 18.5. The second-order valence-electron chi connectivity index (χ2n) is 6.53. The molecule has 0 aliphatic carbocycles. The molecule has 3 aromatic rings. The Labute approximate surface area is 161 Å². The molecule has 0 bridgehead atoms. The SMILES string of the molecule is CCCCn1c(SCc2csc(-c3ccc(C(C)C)cc3)n2)n[nH]c1=O. The van der Waals surface area contributed by atoms with Gasteiger partial charge in [-0.05, 0) is 17.9 Å². The van der Waals surface area contributed by atoms with Gasteiger partial charge in [-0.3, -0.25) is 4.57 Å². The van der Waals surface area contributed by atoms with E-state index in [2.05, 4.69) is 60.6 Å². The topological polar surface area (TPSA) is 63.6 Å². The van der Waals surface area contributed by atoms with Crippen LogP contribution in [0.1, 0.15) is 50.8 Å². The smallest absolute Gasteiger partial charge is 0.270 e. The first-order chi connectivity index (χ1) is 12.6. The lowest BCUT2D eigenvalue weighted by Gasteiger charge is -2.05. The molecule has 0 aliphatic heterocycles. The highest BCUT2D eigenvalue weighted by Crippen LogP contribution is 2.28. The normalized spacial score (nSPS) is 11.4. The number of thiazole rings is 1. The van der Waals surface area contributed by atoms with Crippen LogP contribution in [0.25, 0.3) is 10.6 Å². The first kappa shape index (κ1) is 18.9. The molecule has 0 saturated carbocycles. The van der Waals surface area contributed by atoms with Crippen molar-refractivity contribution in [1.29, 1.82) is 0 Å². The van der Waals surface area contributed by atoms with Crippen LogP contribution in [0.2, 0.25) is 0 Å². The number of benzene rings is 1. The van der Waals surface area contributed by atoms with Crippen LogP contribution < -0.4 is 5.69 Å². The molecule has 7 heteroatoms. The Kier molecular flexibility index (Phi) is 6.32. The molecule has 138 valence electrons. The van der Waals surface area contributed by atoms with Gasteiger partial charge in [0.05, 0.1) is 5.69 Å². The van der Waals surface area contributed by atoms with E-state index in [1.165, 1.54) is 5.56 Å². The van der Waals surface area contributed by atoms with Gasteiger partial charge in [-0.1, -0.05) is 63.2 Å². The number of nitrogens with zero attached hydrogens (tertiary/aromatic N) is 3. The minimum atomic E-state index is -0.134. The van der Waals surface area contributed by atoms with Gasteiger partial charge >= 0.3 is 5.69 Å². The minimum absolute atomic E-state index is 0.134. The third-order valence-corrected chi connectivity index (χ3v) is 6.13. The Hall–Kier alpha value is -1.86. The quantitative estimate of drug-likeness (QED) is 0.557. The average molecular weight is 389 g/mol. The summed E-state index contributed by atoms with van der Waals surface area (Å²) in [5.74, 6) is 1.24. The standard InChI is InChI=1S/C19H24N4OS2/c1-4-5-10-23-18(24)21-22-19(23)26-12-16-11-25-17(20-16)15-8-6-14(7-9-15)13(2)3/h6-9,11,13H,4-5,10,12H2,1-3H3,(H,21,24). The molecule has 0 amide bonds. The maximum atomic E-state index is 11.8. The van der Waals surface area contributed by atoms with Crippen molar-refractivity contribution in [3.63, 3.8) is 0 Å². The van der Waals surface area contributed by atoms with E-state index in [-0.39, 0.29) is 5.69 Å². The number of unbranched alkanes of at least 4 members (excludes halogenated alkanes) is 1. The highest BCUT2D eigenvalue weighted by Gasteiger charge is 2.11. The molecule has 3 rings (SSSR count). The zero-order valence-corrected chi connectivity index (χ0v) is 17.0. The van der Waals surface area contributed by atoms with E-state index >= 15 is 0 Å². The van der Waals surface area contributed by atoms with Crippen molar-refractivity contribution < 1.29 is 0 Å². The lowest BCUT2D eigenvalue weighted by atomic mass is 10.0. The summed E-state index contributed by atoms with van der Waals surface area (Å²) in [6.45, 7) is 7.22. The number of thioether (sulfide) groups is 1. The Morgan fingerprint density at radius 2 is 2.04 bits per heavy atom. The number of nitrogens with one attached hydrogen (secondary N) is 1. The van der Waals surface area contributed by atoms with Gasteiger partial charge in [0.1, 0.15) is 5.01 Å². The first-order valence-corrected chi connectivity index (χ1v) is 10.8. The Morgan fingerprint density at radius 1 is 1.27 bits per heavy atom. The average Bonchev–Trinajstić information content (AvgIpc) is 3.25. The Bertz CT molecular complexity index is 893. The fourth-order valence-corrected chi connectivity index (χ4v) is 4.38. The van der Waals surface area contributed by atoms with Crippen molar-refractivity contribution in [1.82, 2.24) is 19.7 Å². The van der Waals surface area contributed by atoms with Gasteiger partial charge in [0.15, 0.2) is 5.16 Å². The molecule has 2 aromatic heterocycles. The predicted octanol–water partition coefficient (Wildman–Crippen LogP) is 4.91. The molecule has 0 fully saturated rings. The van der Waals surface area contributed by atoms with Crippen molar-refractivity contribution in [3.05, 3.63) is 51.4 Å². The number of aromatic amines is 1. The summed E-state index contributed by atoms with van der Waals surface area (Å²) in [5, 5.41) is 10.5. The maximum Gasteiger partial charge on any atom is 0.343 e. The van der Waals surface area contributed by atoms with Crippen LogP contribution in [0.3, 0.4) is 0 Å². The maximum absolute atomic E-state index is 11.8. The largest absolute Gasteiger partial charge is 0.343 e. The summed E-state index contributed by atoms with van der Waals surface area (Å²) in [7, 11) is 0. The monoisotopic (exact) mass is 388 g/mol. The van der Waals surface area contributed by atoms with E-state index in [0.29, 0.717) is 18.2 Å². The van der Waals surface area contributed by atoms with Crippen LogP contribution in [-0.2, 0) is 12.3 Å². The van der Waals surface area contributed by atoms with Gasteiger partial charge in [-0.25, -0.2) is 14.9 Å². The molecule has 0 spiro atoms. The summed E-state index contributed by atoms with van der Waals surface area (Å²) in [4.78, 5) is 16.6. The molecule has 0 atom stereocenters. The highest BCUT2D eigenvalue weighted by atomic mass is 32.2. The molecule has 26 heavy (non-hydrogen) atoms. The number of rotatable bonds is 8. The van der Waals surface area contributed by atoms with Gasteiger partial charge in [-0.2, -0.15) is 0 Å². The molecule has 5 nitrogen and oxygen atoms in total. The van der Waals surface area contributed by atoms with Crippen LogP contribution in [0.4, 0.5) is 0 Å². The fraction of sp³-hybridized carbons (Fsp3) is 0.421. The minimum Gasteiger partial charge on any atom is -0.270 e. The Morgan fingerprint density at radius 3 is 2.73 bits per heavy atom. The van der Waals surface area contributed by atoms with Crippen molar-refractivity contribution in [2.45, 2.75) is 57.0 Å². The third-order valence-electron chi connectivity index (χ3n) is 4.18. The summed E-state index contributed by atoms with van der Waals surface area (Å²) in [5.41, 5.74) is 3.37. The molecule has 0 unspecified atom stereocenters. The third kappa shape index (κ3) is 4.45. The van der Waals surface area contributed by atoms with Gasteiger partial charge in [0, 0.05) is 23.2 Å². The van der Waals surface area contributed by atoms with E-state index in [1.807, 2.05) is 0 Å². The highest BCUT2D eigenvalue weighted by molar-refractivity contribution is 7.98. The molecule has 2 heterocycles. The van der Waals surface area contributed by atoms with Crippen molar-refractivity contribution in [2.75, 3.05) is 0 Å². The van der Waals surface area contributed by atoms with E-state index in [0.717, 1.165) is 34.3 Å². The molecule has 0 radical (unpaired) electrons. The molecule has 0 saturated heterocycles. The molecular weight excluding hydrogens is 364 g/mol. The first-order valence-electron chi connectivity index (χ1n) is 8.91. The van der Waals surface area contributed by atoms with Gasteiger partial charge in [0.2, 0.25) is 0 Å². The van der Waals surface area contributed by atoms with Crippen LogP contribution in [0.15, 0.2) is 39.6 Å². The van der Waals surface area contributed by atoms with Crippen LogP contribution in [0, 0.1) is 0 Å². The summed E-state index contributed by atoms with van der Waals surface area (Å²) >= 11 is 3.21. The lowest BCUT2D eigenvalue weighted by molar-refractivity contribution is 0.573. The predicted molar refractivity (Wildman–Crippen MR) is 109 cm³/mol. The number of hydrogen-bond acceptors (Lipinski definition) is 5. The molecular formula is C19H24N4OS2. The van der Waals surface area contributed by atoms with Crippen LogP contribution in [0.5, 0.6) is 0 Å². The van der Waals surface area contributed by atoms with Crippen LogP contribution >= 0.6 is 23.1 Å². The van der Waals surface area contributed by atoms with Gasteiger partial charge < -0.3 is 0 Å². The van der Waals surface area contributed by atoms with Gasteiger partial charge in [-0.15, -0.1) is 16.4 Å². The van der Waals surface area contributed by atoms with E-state index in [4.69, 9.17) is 4.98 Å². The van der Waals surface area contributed by atoms with Crippen molar-refractivity contribution >= 4 is 23.1 Å². The number of aromatic nitrogens is 4. The second-order valence-corrected chi connectivity index (χ2v) is 8.33. The van der Waals surface area contributed by atoms with Crippen molar-refractivity contribution in [2.24, 2.45) is 0 Å². The number of H-pyrrole nitrogens is 1. The molecule has 0 aliphatic rings. The summed E-state index contributed by atoms with van der Waals surface area (Å²) < 4.78 is 1.71. The summed E-state index contributed by atoms with van der Waals surface area (Å²) in [6, 6.07) is 8.63.